The summed E-state index contributed by atoms with van der Waals surface area (Å²) < 4.78 is 1.79. The minimum absolute atomic E-state index is 0.0321. The first kappa shape index (κ1) is 12.2. The van der Waals surface area contributed by atoms with Gasteiger partial charge in [0.2, 0.25) is 0 Å². The first-order valence-electron chi connectivity index (χ1n) is 6.01. The number of anilines is 1. The monoisotopic (exact) mass is 236 g/mol. The number of aliphatic hydroxyl groups excluding tert-OH is 1. The molecule has 17 heavy (non-hydrogen) atoms. The highest BCUT2D eigenvalue weighted by molar-refractivity contribution is 5.55. The van der Waals surface area contributed by atoms with Gasteiger partial charge in [0.25, 0.3) is 5.56 Å². The van der Waals surface area contributed by atoms with E-state index in [0.29, 0.717) is 0 Å². The second-order valence-electron chi connectivity index (χ2n) is 4.99. The van der Waals surface area contributed by atoms with Crippen LogP contribution in [0.4, 0.5) is 5.69 Å². The maximum atomic E-state index is 12.5. The van der Waals surface area contributed by atoms with Crippen LogP contribution in [0.5, 0.6) is 0 Å². The normalized spacial score (nSPS) is 18.3. The molecule has 1 aromatic heterocycles. The van der Waals surface area contributed by atoms with E-state index >= 15 is 0 Å². The van der Waals surface area contributed by atoms with Crippen LogP contribution in [0, 0.1) is 13.8 Å². The number of hydrogen-bond acceptors (Lipinski definition) is 3. The molecule has 1 unspecified atom stereocenters. The smallest absolute Gasteiger partial charge is 0.274 e. The molecule has 0 saturated heterocycles. The van der Waals surface area contributed by atoms with Gasteiger partial charge in [-0.15, -0.1) is 0 Å². The van der Waals surface area contributed by atoms with E-state index in [2.05, 4.69) is 6.92 Å². The molecule has 2 heterocycles. The molecule has 94 valence electrons. The third kappa shape index (κ3) is 1.67. The second kappa shape index (κ2) is 4.18. The van der Waals surface area contributed by atoms with E-state index in [1.54, 1.807) is 4.57 Å². The fourth-order valence-electron chi connectivity index (χ4n) is 2.80. The average molecular weight is 236 g/mol. The molecule has 0 amide bonds. The van der Waals surface area contributed by atoms with Crippen LogP contribution >= 0.6 is 0 Å². The topological polar surface area (TPSA) is 45.5 Å². The summed E-state index contributed by atoms with van der Waals surface area (Å²) in [6, 6.07) is -0.0458. The summed E-state index contributed by atoms with van der Waals surface area (Å²) in [7, 11) is 3.78. The molecule has 4 heteroatoms. The van der Waals surface area contributed by atoms with Crippen LogP contribution in [0.25, 0.3) is 0 Å². The first-order chi connectivity index (χ1) is 7.99. The number of pyridine rings is 1. The molecule has 1 N–H and O–H groups in total. The zero-order valence-corrected chi connectivity index (χ0v) is 10.9. The van der Waals surface area contributed by atoms with Crippen molar-refractivity contribution >= 4 is 5.69 Å². The van der Waals surface area contributed by atoms with Gasteiger partial charge in [-0.25, -0.2) is 0 Å². The van der Waals surface area contributed by atoms with E-state index in [1.165, 1.54) is 5.56 Å². The minimum atomic E-state index is -0.0458. The van der Waals surface area contributed by atoms with Crippen LogP contribution in [0.3, 0.4) is 0 Å². The van der Waals surface area contributed by atoms with E-state index in [1.807, 2.05) is 25.9 Å². The van der Waals surface area contributed by atoms with Gasteiger partial charge in [-0.1, -0.05) is 0 Å². The first-order valence-corrected chi connectivity index (χ1v) is 6.01. The van der Waals surface area contributed by atoms with Gasteiger partial charge in [-0.2, -0.15) is 0 Å². The Hall–Kier alpha value is -1.29. The molecule has 0 saturated carbocycles. The minimum Gasteiger partial charge on any atom is -0.394 e. The van der Waals surface area contributed by atoms with Crippen molar-refractivity contribution < 1.29 is 5.11 Å². The van der Waals surface area contributed by atoms with E-state index in [4.69, 9.17) is 0 Å². The number of rotatable bonds is 2. The van der Waals surface area contributed by atoms with Crippen molar-refractivity contribution in [3.63, 3.8) is 0 Å². The van der Waals surface area contributed by atoms with Crippen LogP contribution < -0.4 is 10.5 Å². The molecule has 0 spiro atoms. The van der Waals surface area contributed by atoms with Gasteiger partial charge in [0, 0.05) is 19.8 Å². The predicted octanol–water partition coefficient (Wildman–Crippen LogP) is 1.01. The molecule has 1 aliphatic heterocycles. The molecular formula is C13H20N2O2. The Labute approximate surface area is 101 Å². The molecule has 4 nitrogen and oxygen atoms in total. The fraction of sp³-hybridized carbons (Fsp3) is 0.615. The number of fused-ring (bicyclic) bond motifs is 1. The van der Waals surface area contributed by atoms with Gasteiger partial charge in [0.1, 0.15) is 5.69 Å². The average Bonchev–Trinajstić information content (AvgIpc) is 2.69. The zero-order chi connectivity index (χ0) is 12.7. The highest BCUT2D eigenvalue weighted by atomic mass is 16.3. The van der Waals surface area contributed by atoms with Gasteiger partial charge in [0.15, 0.2) is 0 Å². The van der Waals surface area contributed by atoms with Gasteiger partial charge >= 0.3 is 0 Å². The third-order valence-electron chi connectivity index (χ3n) is 3.80. The Morgan fingerprint density at radius 3 is 2.53 bits per heavy atom. The van der Waals surface area contributed by atoms with Crippen LogP contribution in [-0.4, -0.2) is 30.4 Å². The molecule has 0 aromatic carbocycles. The number of aromatic nitrogens is 1. The molecule has 2 rings (SSSR count). The lowest BCUT2D eigenvalue weighted by Crippen LogP contribution is -2.31. The predicted molar refractivity (Wildman–Crippen MR) is 68.9 cm³/mol. The second-order valence-corrected chi connectivity index (χ2v) is 4.99. The fourth-order valence-corrected chi connectivity index (χ4v) is 2.80. The van der Waals surface area contributed by atoms with Crippen molar-refractivity contribution in [3.8, 4) is 0 Å². The Morgan fingerprint density at radius 2 is 2.00 bits per heavy atom. The summed E-state index contributed by atoms with van der Waals surface area (Å²) in [6.45, 7) is 4.11. The van der Waals surface area contributed by atoms with Crippen molar-refractivity contribution in [1.82, 2.24) is 4.57 Å². The van der Waals surface area contributed by atoms with Gasteiger partial charge < -0.3 is 14.6 Å². The van der Waals surface area contributed by atoms with Crippen molar-refractivity contribution in [2.75, 3.05) is 25.6 Å². The Balaban J connectivity index is 2.76. The largest absolute Gasteiger partial charge is 0.394 e. The van der Waals surface area contributed by atoms with E-state index in [9.17, 15) is 9.90 Å². The highest BCUT2D eigenvalue weighted by Crippen LogP contribution is 2.30. The maximum absolute atomic E-state index is 12.5. The summed E-state index contributed by atoms with van der Waals surface area (Å²) in [6.07, 6.45) is 1.75. The molecule has 0 fully saturated rings. The summed E-state index contributed by atoms with van der Waals surface area (Å²) >= 11 is 0. The van der Waals surface area contributed by atoms with E-state index in [-0.39, 0.29) is 18.2 Å². The maximum Gasteiger partial charge on any atom is 0.274 e. The van der Waals surface area contributed by atoms with Gasteiger partial charge in [-0.3, -0.25) is 4.79 Å². The van der Waals surface area contributed by atoms with Crippen molar-refractivity contribution in [3.05, 3.63) is 27.2 Å². The molecule has 1 aliphatic rings. The quantitative estimate of drug-likeness (QED) is 0.833. The highest BCUT2D eigenvalue weighted by Gasteiger charge is 2.27. The summed E-state index contributed by atoms with van der Waals surface area (Å²) in [5.74, 6) is 0. The van der Waals surface area contributed by atoms with Crippen molar-refractivity contribution in [2.24, 2.45) is 0 Å². The Morgan fingerprint density at radius 1 is 1.35 bits per heavy atom. The Bertz CT molecular complexity index is 503. The lowest BCUT2D eigenvalue weighted by molar-refractivity contribution is 0.231. The van der Waals surface area contributed by atoms with Crippen LogP contribution in [0.2, 0.25) is 0 Å². The number of aliphatic hydroxyl groups is 1. The zero-order valence-electron chi connectivity index (χ0n) is 10.9. The van der Waals surface area contributed by atoms with Crippen LogP contribution in [-0.2, 0) is 6.42 Å². The van der Waals surface area contributed by atoms with E-state index in [0.717, 1.165) is 29.8 Å². The number of hydrogen-bond donors (Lipinski definition) is 1. The summed E-state index contributed by atoms with van der Waals surface area (Å²) in [5, 5.41) is 9.35. The third-order valence-corrected chi connectivity index (χ3v) is 3.80. The lowest BCUT2D eigenvalue weighted by Gasteiger charge is -2.21. The van der Waals surface area contributed by atoms with Gasteiger partial charge in [-0.05, 0) is 37.8 Å². The molecule has 1 atom stereocenters. The molecular weight excluding hydrogens is 216 g/mol. The molecule has 0 bridgehead atoms. The standard InChI is InChI=1S/C13H20N2O2/c1-8-9(2)12(14(3)4)13(17)15-10(7-16)5-6-11(8)15/h10,16H,5-7H2,1-4H3. The molecule has 1 aromatic rings. The summed E-state index contributed by atoms with van der Waals surface area (Å²) in [4.78, 5) is 14.3. The van der Waals surface area contributed by atoms with Crippen molar-refractivity contribution in [1.29, 1.82) is 0 Å². The van der Waals surface area contributed by atoms with E-state index < -0.39 is 0 Å². The van der Waals surface area contributed by atoms with Crippen molar-refractivity contribution in [2.45, 2.75) is 32.7 Å². The van der Waals surface area contributed by atoms with Gasteiger partial charge in [0.05, 0.1) is 12.6 Å². The number of nitrogens with zero attached hydrogens (tertiary/aromatic N) is 2. The lowest BCUT2D eigenvalue weighted by atomic mass is 10.1. The summed E-state index contributed by atoms with van der Waals surface area (Å²) in [5.41, 5.74) is 4.11. The molecule has 0 aliphatic carbocycles. The SMILES string of the molecule is Cc1c(C)c2n(c(=O)c1N(C)C)C(CO)CC2. The Kier molecular flexibility index (Phi) is 3.00. The molecule has 0 radical (unpaired) electrons. The van der Waals surface area contributed by atoms with Crippen LogP contribution in [0.1, 0.15) is 29.3 Å². The van der Waals surface area contributed by atoms with Crippen LogP contribution in [0.15, 0.2) is 4.79 Å².